The second kappa shape index (κ2) is 2.67. The summed E-state index contributed by atoms with van der Waals surface area (Å²) >= 11 is 1.84. The molecular weight excluding hydrogens is 152 g/mol. The van der Waals surface area contributed by atoms with E-state index in [2.05, 4.69) is 36.6 Å². The molecule has 0 aliphatic carbocycles. The van der Waals surface area contributed by atoms with Crippen LogP contribution >= 0.6 is 11.3 Å². The maximum atomic E-state index is 2.21. The Morgan fingerprint density at radius 1 is 1.27 bits per heavy atom. The Bertz CT molecular complexity index is 360. The van der Waals surface area contributed by atoms with Crippen molar-refractivity contribution in [3.05, 3.63) is 35.2 Å². The van der Waals surface area contributed by atoms with Gasteiger partial charge in [0.1, 0.15) is 0 Å². The minimum atomic E-state index is 1.14. The smallest absolute Gasteiger partial charge is 0.0374 e. The Morgan fingerprint density at radius 2 is 2.18 bits per heavy atom. The highest BCUT2D eigenvalue weighted by molar-refractivity contribution is 7.17. The molecule has 0 saturated carbocycles. The fraction of sp³-hybridized carbons (Fsp3) is 0.200. The van der Waals surface area contributed by atoms with Crippen LogP contribution in [0.3, 0.4) is 0 Å². The van der Waals surface area contributed by atoms with Crippen molar-refractivity contribution in [3.8, 4) is 0 Å². The standard InChI is InChI=1S/C10H10S/c1-2-8-4-3-5-9-6-7-11-10(8)9/h3-7H,2H2,1H3. The molecule has 1 heterocycles. The van der Waals surface area contributed by atoms with Gasteiger partial charge in [0.2, 0.25) is 0 Å². The van der Waals surface area contributed by atoms with E-state index < -0.39 is 0 Å². The van der Waals surface area contributed by atoms with Gasteiger partial charge >= 0.3 is 0 Å². The van der Waals surface area contributed by atoms with Gasteiger partial charge in [0.05, 0.1) is 0 Å². The molecule has 0 fully saturated rings. The molecule has 56 valence electrons. The van der Waals surface area contributed by atoms with Crippen LogP contribution in [0.2, 0.25) is 0 Å². The molecule has 0 saturated heterocycles. The minimum Gasteiger partial charge on any atom is -0.144 e. The monoisotopic (exact) mass is 162 g/mol. The first kappa shape index (κ1) is 6.86. The van der Waals surface area contributed by atoms with Gasteiger partial charge in [-0.15, -0.1) is 11.3 Å². The predicted molar refractivity (Wildman–Crippen MR) is 51.2 cm³/mol. The molecule has 1 aromatic heterocycles. The summed E-state index contributed by atoms with van der Waals surface area (Å²) in [6, 6.07) is 8.69. The first-order valence-electron chi connectivity index (χ1n) is 3.87. The van der Waals surface area contributed by atoms with Gasteiger partial charge in [0.25, 0.3) is 0 Å². The van der Waals surface area contributed by atoms with Crippen molar-refractivity contribution in [1.29, 1.82) is 0 Å². The van der Waals surface area contributed by atoms with Crippen LogP contribution in [0.25, 0.3) is 10.1 Å². The van der Waals surface area contributed by atoms with Crippen LogP contribution < -0.4 is 0 Å². The summed E-state index contributed by atoms with van der Waals surface area (Å²) in [7, 11) is 0. The molecule has 0 amide bonds. The minimum absolute atomic E-state index is 1.14. The maximum absolute atomic E-state index is 2.21. The lowest BCUT2D eigenvalue weighted by Gasteiger charge is -1.96. The van der Waals surface area contributed by atoms with Crippen molar-refractivity contribution >= 4 is 21.4 Å². The topological polar surface area (TPSA) is 0 Å². The molecule has 0 aliphatic heterocycles. The van der Waals surface area contributed by atoms with E-state index in [4.69, 9.17) is 0 Å². The fourth-order valence-corrected chi connectivity index (χ4v) is 2.32. The highest BCUT2D eigenvalue weighted by atomic mass is 32.1. The molecule has 0 N–H and O–H groups in total. The molecule has 11 heavy (non-hydrogen) atoms. The SMILES string of the molecule is CCc1cccc2ccsc12. The number of rotatable bonds is 1. The molecule has 1 heteroatoms. The van der Waals surface area contributed by atoms with E-state index >= 15 is 0 Å². The largest absolute Gasteiger partial charge is 0.144 e. The lowest BCUT2D eigenvalue weighted by Crippen LogP contribution is -1.77. The van der Waals surface area contributed by atoms with Crippen molar-refractivity contribution in [2.75, 3.05) is 0 Å². The quantitative estimate of drug-likeness (QED) is 0.602. The average Bonchev–Trinajstić information content (AvgIpc) is 2.50. The Hall–Kier alpha value is -0.820. The van der Waals surface area contributed by atoms with E-state index in [0.29, 0.717) is 0 Å². The van der Waals surface area contributed by atoms with E-state index in [9.17, 15) is 0 Å². The van der Waals surface area contributed by atoms with Gasteiger partial charge in [-0.05, 0) is 28.8 Å². The first-order valence-corrected chi connectivity index (χ1v) is 4.75. The van der Waals surface area contributed by atoms with Gasteiger partial charge in [-0.3, -0.25) is 0 Å². The van der Waals surface area contributed by atoms with Crippen LogP contribution in [0.1, 0.15) is 12.5 Å². The third kappa shape index (κ3) is 1.05. The van der Waals surface area contributed by atoms with Crippen LogP contribution in [0.15, 0.2) is 29.6 Å². The van der Waals surface area contributed by atoms with Crippen molar-refractivity contribution < 1.29 is 0 Å². The summed E-state index contributed by atoms with van der Waals surface area (Å²) < 4.78 is 1.45. The molecule has 1 aromatic carbocycles. The highest BCUT2D eigenvalue weighted by Gasteiger charge is 1.97. The second-order valence-electron chi connectivity index (χ2n) is 2.61. The Labute approximate surface area is 70.5 Å². The third-order valence-electron chi connectivity index (χ3n) is 1.94. The zero-order chi connectivity index (χ0) is 7.68. The Morgan fingerprint density at radius 3 is 3.00 bits per heavy atom. The molecule has 0 unspecified atom stereocenters. The number of benzene rings is 1. The van der Waals surface area contributed by atoms with E-state index in [0.717, 1.165) is 6.42 Å². The molecule has 2 aromatic rings. The summed E-state index contributed by atoms with van der Waals surface area (Å²) in [5.41, 5.74) is 1.47. The molecule has 0 aliphatic rings. The molecule has 0 nitrogen and oxygen atoms in total. The van der Waals surface area contributed by atoms with Gasteiger partial charge in [-0.25, -0.2) is 0 Å². The van der Waals surface area contributed by atoms with Crippen molar-refractivity contribution in [1.82, 2.24) is 0 Å². The van der Waals surface area contributed by atoms with Crippen molar-refractivity contribution in [2.24, 2.45) is 0 Å². The van der Waals surface area contributed by atoms with Gasteiger partial charge in [-0.1, -0.05) is 25.1 Å². The van der Waals surface area contributed by atoms with Crippen LogP contribution in [0.5, 0.6) is 0 Å². The van der Waals surface area contributed by atoms with Crippen LogP contribution in [0.4, 0.5) is 0 Å². The fourth-order valence-electron chi connectivity index (χ4n) is 1.33. The average molecular weight is 162 g/mol. The maximum Gasteiger partial charge on any atom is 0.0374 e. The zero-order valence-corrected chi connectivity index (χ0v) is 7.32. The number of hydrogen-bond acceptors (Lipinski definition) is 1. The van der Waals surface area contributed by atoms with Crippen LogP contribution in [-0.4, -0.2) is 0 Å². The molecule has 0 bridgehead atoms. The molecular formula is C10H10S. The number of thiophene rings is 1. The number of hydrogen-bond donors (Lipinski definition) is 0. The molecule has 0 atom stereocenters. The number of fused-ring (bicyclic) bond motifs is 1. The second-order valence-corrected chi connectivity index (χ2v) is 3.53. The Balaban J connectivity index is 2.79. The molecule has 2 rings (SSSR count). The lowest BCUT2D eigenvalue weighted by molar-refractivity contribution is 1.16. The van der Waals surface area contributed by atoms with Gasteiger partial charge in [0, 0.05) is 4.70 Å². The summed E-state index contributed by atoms with van der Waals surface area (Å²) in [5.74, 6) is 0. The van der Waals surface area contributed by atoms with Crippen LogP contribution in [-0.2, 0) is 6.42 Å². The van der Waals surface area contributed by atoms with Gasteiger partial charge in [-0.2, -0.15) is 0 Å². The molecule has 0 spiro atoms. The summed E-state index contributed by atoms with van der Waals surface area (Å²) in [4.78, 5) is 0. The van der Waals surface area contributed by atoms with Gasteiger partial charge in [0.15, 0.2) is 0 Å². The summed E-state index contributed by atoms with van der Waals surface area (Å²) in [6.07, 6.45) is 1.14. The first-order chi connectivity index (χ1) is 5.42. The van der Waals surface area contributed by atoms with E-state index in [1.165, 1.54) is 15.6 Å². The number of aryl methyl sites for hydroxylation is 1. The van der Waals surface area contributed by atoms with Crippen molar-refractivity contribution in [2.45, 2.75) is 13.3 Å². The summed E-state index contributed by atoms with van der Waals surface area (Å²) in [5, 5.41) is 3.54. The van der Waals surface area contributed by atoms with E-state index in [-0.39, 0.29) is 0 Å². The van der Waals surface area contributed by atoms with Crippen LogP contribution in [0, 0.1) is 0 Å². The third-order valence-corrected chi connectivity index (χ3v) is 2.95. The van der Waals surface area contributed by atoms with E-state index in [1.54, 1.807) is 0 Å². The van der Waals surface area contributed by atoms with Gasteiger partial charge < -0.3 is 0 Å². The molecule has 0 radical (unpaired) electrons. The highest BCUT2D eigenvalue weighted by Crippen LogP contribution is 2.24. The van der Waals surface area contributed by atoms with Crippen molar-refractivity contribution in [3.63, 3.8) is 0 Å². The zero-order valence-electron chi connectivity index (χ0n) is 6.50. The predicted octanol–water partition coefficient (Wildman–Crippen LogP) is 3.46. The summed E-state index contributed by atoms with van der Waals surface area (Å²) in [6.45, 7) is 2.20. The Kier molecular flexibility index (Phi) is 1.66. The lowest BCUT2D eigenvalue weighted by atomic mass is 10.1. The van der Waals surface area contributed by atoms with E-state index in [1.807, 2.05) is 11.3 Å². The normalized spacial score (nSPS) is 10.6.